The highest BCUT2D eigenvalue weighted by atomic mass is 35.5. The zero-order valence-corrected chi connectivity index (χ0v) is 10.5. The lowest BCUT2D eigenvalue weighted by molar-refractivity contribution is 0.110. The van der Waals surface area contributed by atoms with Gasteiger partial charge in [-0.2, -0.15) is 5.10 Å². The predicted octanol–water partition coefficient (Wildman–Crippen LogP) is 0.358. The Hall–Kier alpha value is -1.76. The van der Waals surface area contributed by atoms with Crippen molar-refractivity contribution in [3.8, 4) is 0 Å². The number of hydrogen-bond acceptors (Lipinski definition) is 5. The van der Waals surface area contributed by atoms with Crippen molar-refractivity contribution in [2.75, 3.05) is 25.0 Å². The second kappa shape index (κ2) is 5.26. The third kappa shape index (κ3) is 2.56. The standard InChI is InChI=1S/C10H13ClN4O3/c1-12-10(17)18-6-2-3-15(5-6)7-4-13-14-9(16)8(7)11/h4,6H,2-3,5H2,1H3,(H,12,17)(H,14,16). The van der Waals surface area contributed by atoms with E-state index in [1.807, 2.05) is 4.90 Å². The highest BCUT2D eigenvalue weighted by Gasteiger charge is 2.27. The molecule has 2 heterocycles. The lowest BCUT2D eigenvalue weighted by atomic mass is 10.3. The summed E-state index contributed by atoms with van der Waals surface area (Å²) in [4.78, 5) is 24.3. The Kier molecular flexibility index (Phi) is 3.71. The first-order valence-electron chi connectivity index (χ1n) is 5.48. The average molecular weight is 273 g/mol. The number of carbonyl (C=O) groups excluding carboxylic acids is 1. The molecule has 2 rings (SSSR count). The lowest BCUT2D eigenvalue weighted by Gasteiger charge is -2.18. The Morgan fingerprint density at radius 1 is 1.72 bits per heavy atom. The van der Waals surface area contributed by atoms with Gasteiger partial charge >= 0.3 is 6.09 Å². The van der Waals surface area contributed by atoms with E-state index in [1.54, 1.807) is 0 Å². The SMILES string of the molecule is CNC(=O)OC1CCN(c2cn[nH]c(=O)c2Cl)C1. The summed E-state index contributed by atoms with van der Waals surface area (Å²) in [6.07, 6.45) is 1.51. The van der Waals surface area contributed by atoms with Crippen LogP contribution < -0.4 is 15.8 Å². The van der Waals surface area contributed by atoms with Gasteiger partial charge in [0.05, 0.1) is 18.4 Å². The maximum Gasteiger partial charge on any atom is 0.407 e. The van der Waals surface area contributed by atoms with E-state index in [1.165, 1.54) is 13.2 Å². The molecule has 2 N–H and O–H groups in total. The van der Waals surface area contributed by atoms with E-state index in [-0.39, 0.29) is 11.1 Å². The van der Waals surface area contributed by atoms with Crippen LogP contribution in [0, 0.1) is 0 Å². The van der Waals surface area contributed by atoms with E-state index < -0.39 is 11.7 Å². The molecule has 0 aromatic carbocycles. The zero-order valence-electron chi connectivity index (χ0n) is 9.77. The molecule has 1 atom stereocenters. The Morgan fingerprint density at radius 2 is 2.50 bits per heavy atom. The summed E-state index contributed by atoms with van der Waals surface area (Å²) in [6.45, 7) is 1.16. The van der Waals surface area contributed by atoms with Gasteiger partial charge in [-0.25, -0.2) is 9.89 Å². The van der Waals surface area contributed by atoms with Crippen molar-refractivity contribution in [2.24, 2.45) is 0 Å². The van der Waals surface area contributed by atoms with E-state index >= 15 is 0 Å². The smallest absolute Gasteiger partial charge is 0.407 e. The van der Waals surface area contributed by atoms with Gasteiger partial charge in [-0.15, -0.1) is 0 Å². The highest BCUT2D eigenvalue weighted by Crippen LogP contribution is 2.25. The van der Waals surface area contributed by atoms with Crippen LogP contribution >= 0.6 is 11.6 Å². The lowest BCUT2D eigenvalue weighted by Crippen LogP contribution is -2.29. The minimum atomic E-state index is -0.461. The second-order valence-corrected chi connectivity index (χ2v) is 4.29. The maximum atomic E-state index is 11.3. The van der Waals surface area contributed by atoms with Gasteiger partial charge < -0.3 is 15.0 Å². The van der Waals surface area contributed by atoms with Crippen LogP contribution in [0.1, 0.15) is 6.42 Å². The molecule has 98 valence electrons. The molecule has 0 spiro atoms. The van der Waals surface area contributed by atoms with E-state index in [9.17, 15) is 9.59 Å². The number of rotatable bonds is 2. The first-order chi connectivity index (χ1) is 8.61. The van der Waals surface area contributed by atoms with Gasteiger partial charge in [0, 0.05) is 20.0 Å². The number of anilines is 1. The van der Waals surface area contributed by atoms with Crippen molar-refractivity contribution in [1.29, 1.82) is 0 Å². The van der Waals surface area contributed by atoms with Gasteiger partial charge in [0.1, 0.15) is 11.1 Å². The van der Waals surface area contributed by atoms with Crippen molar-refractivity contribution in [1.82, 2.24) is 15.5 Å². The quantitative estimate of drug-likeness (QED) is 0.812. The summed E-state index contributed by atoms with van der Waals surface area (Å²) in [7, 11) is 1.51. The zero-order chi connectivity index (χ0) is 13.1. The molecular weight excluding hydrogens is 260 g/mol. The average Bonchev–Trinajstić information content (AvgIpc) is 2.80. The first kappa shape index (κ1) is 12.7. The number of nitrogens with zero attached hydrogens (tertiary/aromatic N) is 2. The minimum Gasteiger partial charge on any atom is -0.444 e. The number of ether oxygens (including phenoxy) is 1. The molecule has 0 radical (unpaired) electrons. The number of carbonyl (C=O) groups is 1. The Bertz CT molecular complexity index is 504. The number of hydrogen-bond donors (Lipinski definition) is 2. The maximum absolute atomic E-state index is 11.3. The van der Waals surface area contributed by atoms with Gasteiger partial charge in [-0.05, 0) is 0 Å². The van der Waals surface area contributed by atoms with Crippen molar-refractivity contribution in [3.63, 3.8) is 0 Å². The van der Waals surface area contributed by atoms with Crippen LogP contribution in [0.3, 0.4) is 0 Å². The fraction of sp³-hybridized carbons (Fsp3) is 0.500. The van der Waals surface area contributed by atoms with Crippen LogP contribution in [-0.2, 0) is 4.74 Å². The van der Waals surface area contributed by atoms with Gasteiger partial charge in [-0.1, -0.05) is 11.6 Å². The van der Waals surface area contributed by atoms with Crippen molar-refractivity contribution in [3.05, 3.63) is 21.6 Å². The number of halogens is 1. The molecule has 1 aromatic heterocycles. The molecule has 1 aliphatic rings. The number of aromatic nitrogens is 2. The molecule has 1 amide bonds. The number of amides is 1. The van der Waals surface area contributed by atoms with Crippen LogP contribution in [-0.4, -0.2) is 42.5 Å². The molecule has 1 unspecified atom stereocenters. The molecule has 1 aromatic rings. The normalized spacial score (nSPS) is 18.8. The fourth-order valence-corrected chi connectivity index (χ4v) is 2.06. The third-order valence-electron chi connectivity index (χ3n) is 2.74. The summed E-state index contributed by atoms with van der Waals surface area (Å²) in [5, 5.41) is 8.46. The topological polar surface area (TPSA) is 87.3 Å². The van der Waals surface area contributed by atoms with E-state index in [0.29, 0.717) is 25.2 Å². The summed E-state index contributed by atoms with van der Waals surface area (Å²) < 4.78 is 5.14. The van der Waals surface area contributed by atoms with Crippen molar-refractivity contribution < 1.29 is 9.53 Å². The van der Waals surface area contributed by atoms with E-state index in [0.717, 1.165) is 0 Å². The van der Waals surface area contributed by atoms with Crippen LogP contribution in [0.2, 0.25) is 5.02 Å². The van der Waals surface area contributed by atoms with Gasteiger partial charge in [-0.3, -0.25) is 4.79 Å². The van der Waals surface area contributed by atoms with Crippen molar-refractivity contribution >= 4 is 23.4 Å². The number of nitrogens with one attached hydrogen (secondary N) is 2. The molecule has 0 aliphatic carbocycles. The number of alkyl carbamates (subject to hydrolysis) is 1. The molecule has 1 fully saturated rings. The first-order valence-corrected chi connectivity index (χ1v) is 5.86. The summed E-state index contributed by atoms with van der Waals surface area (Å²) in [6, 6.07) is 0. The molecule has 0 bridgehead atoms. The molecule has 1 aliphatic heterocycles. The predicted molar refractivity (Wildman–Crippen MR) is 66.0 cm³/mol. The third-order valence-corrected chi connectivity index (χ3v) is 3.11. The van der Waals surface area contributed by atoms with Crippen LogP contribution in [0.4, 0.5) is 10.5 Å². The van der Waals surface area contributed by atoms with E-state index in [4.69, 9.17) is 16.3 Å². The van der Waals surface area contributed by atoms with Gasteiger partial charge in [0.25, 0.3) is 5.56 Å². The fourth-order valence-electron chi connectivity index (χ4n) is 1.85. The van der Waals surface area contributed by atoms with Crippen molar-refractivity contribution in [2.45, 2.75) is 12.5 Å². The van der Waals surface area contributed by atoms with Gasteiger partial charge in [0.15, 0.2) is 0 Å². The summed E-state index contributed by atoms with van der Waals surface area (Å²) in [5.74, 6) is 0. The molecule has 1 saturated heterocycles. The van der Waals surface area contributed by atoms with Crippen LogP contribution in [0.15, 0.2) is 11.0 Å². The summed E-state index contributed by atoms with van der Waals surface area (Å²) in [5.41, 5.74) is 0.133. The van der Waals surface area contributed by atoms with Gasteiger partial charge in [0.2, 0.25) is 0 Å². The molecule has 0 saturated carbocycles. The molecule has 7 nitrogen and oxygen atoms in total. The largest absolute Gasteiger partial charge is 0.444 e. The minimum absolute atomic E-state index is 0.102. The summed E-state index contributed by atoms with van der Waals surface area (Å²) >= 11 is 5.91. The Morgan fingerprint density at radius 3 is 3.22 bits per heavy atom. The molecule has 8 heteroatoms. The molecular formula is C10H13ClN4O3. The Labute approximate surface area is 108 Å². The number of H-pyrrole nitrogens is 1. The van der Waals surface area contributed by atoms with Crippen LogP contribution in [0.5, 0.6) is 0 Å². The van der Waals surface area contributed by atoms with Crippen LogP contribution in [0.25, 0.3) is 0 Å². The Balaban J connectivity index is 2.07. The number of aromatic amines is 1. The van der Waals surface area contributed by atoms with E-state index in [2.05, 4.69) is 15.5 Å². The molecule has 18 heavy (non-hydrogen) atoms. The monoisotopic (exact) mass is 272 g/mol. The second-order valence-electron chi connectivity index (χ2n) is 3.91. The highest BCUT2D eigenvalue weighted by molar-refractivity contribution is 6.33.